The van der Waals surface area contributed by atoms with Crippen molar-refractivity contribution in [1.29, 1.82) is 0 Å². The molecule has 33 heavy (non-hydrogen) atoms. The second-order valence-corrected chi connectivity index (χ2v) is 9.64. The maximum absolute atomic E-state index is 13.5. The molecular formula is C25H27ClN4O3. The minimum Gasteiger partial charge on any atom is -0.351 e. The van der Waals surface area contributed by atoms with E-state index in [9.17, 15) is 14.5 Å². The highest BCUT2D eigenvalue weighted by Crippen LogP contribution is 2.35. The molecule has 1 aromatic carbocycles. The van der Waals surface area contributed by atoms with Crippen LogP contribution in [-0.2, 0) is 11.2 Å². The highest BCUT2D eigenvalue weighted by atomic mass is 35.5. The number of hydrogen-bond donors (Lipinski definition) is 2. The largest absolute Gasteiger partial charge is 0.351 e. The molecule has 1 aliphatic rings. The summed E-state index contributed by atoms with van der Waals surface area (Å²) in [6.07, 6.45) is 5.68. The number of Topliss-reactive ketones (excluding diaryl/α,β-unsaturated/α-hetero) is 1. The van der Waals surface area contributed by atoms with Gasteiger partial charge in [-0.05, 0) is 69.4 Å². The molecule has 0 saturated heterocycles. The molecule has 8 heteroatoms. The summed E-state index contributed by atoms with van der Waals surface area (Å²) in [6, 6.07) is 8.71. The van der Waals surface area contributed by atoms with Crippen LogP contribution in [0.3, 0.4) is 0 Å². The third-order valence-corrected chi connectivity index (χ3v) is 6.98. The summed E-state index contributed by atoms with van der Waals surface area (Å²) in [5, 5.41) is 7.57. The lowest BCUT2D eigenvalue weighted by atomic mass is 9.75. The molecule has 2 N–H and O–H groups in total. The number of halogens is 1. The normalized spacial score (nSPS) is 21.5. The summed E-state index contributed by atoms with van der Waals surface area (Å²) in [5.41, 5.74) is 2.48. The van der Waals surface area contributed by atoms with Gasteiger partial charge in [-0.2, -0.15) is 4.91 Å². The van der Waals surface area contributed by atoms with Crippen LogP contribution >= 0.6 is 11.6 Å². The topological polar surface area (TPSA) is 104 Å². The highest BCUT2D eigenvalue weighted by molar-refractivity contribution is 6.31. The van der Waals surface area contributed by atoms with E-state index in [0.29, 0.717) is 36.4 Å². The van der Waals surface area contributed by atoms with Gasteiger partial charge in [-0.15, -0.1) is 0 Å². The van der Waals surface area contributed by atoms with Crippen LogP contribution in [0.15, 0.2) is 47.9 Å². The molecule has 3 aromatic rings. The second-order valence-electron chi connectivity index (χ2n) is 9.24. The number of aromatic nitrogens is 2. The first kappa shape index (κ1) is 23.1. The number of fused-ring (bicyclic) bond motifs is 1. The van der Waals surface area contributed by atoms with E-state index in [1.165, 1.54) is 6.20 Å². The van der Waals surface area contributed by atoms with Gasteiger partial charge in [-0.1, -0.05) is 28.4 Å². The summed E-state index contributed by atoms with van der Waals surface area (Å²) in [7, 11) is 0. The zero-order chi connectivity index (χ0) is 23.6. The van der Waals surface area contributed by atoms with E-state index < -0.39 is 11.6 Å². The molecule has 1 aliphatic carbocycles. The van der Waals surface area contributed by atoms with Crippen molar-refractivity contribution < 1.29 is 9.59 Å². The average molecular weight is 467 g/mol. The zero-order valence-electron chi connectivity index (χ0n) is 18.7. The van der Waals surface area contributed by atoms with Crippen molar-refractivity contribution in [3.63, 3.8) is 0 Å². The van der Waals surface area contributed by atoms with Crippen LogP contribution in [0.4, 0.5) is 0 Å². The fraction of sp³-hybridized carbons (Fsp3) is 0.400. The molecule has 2 aromatic heterocycles. The van der Waals surface area contributed by atoms with E-state index in [1.807, 2.05) is 32.0 Å². The van der Waals surface area contributed by atoms with E-state index >= 15 is 0 Å². The molecular weight excluding hydrogens is 440 g/mol. The number of aryl methyl sites for hydroxylation is 1. The number of aromatic amines is 1. The summed E-state index contributed by atoms with van der Waals surface area (Å²) < 4.78 is 0. The van der Waals surface area contributed by atoms with Gasteiger partial charge < -0.3 is 10.3 Å². The second kappa shape index (κ2) is 9.43. The minimum atomic E-state index is -0.746. The first-order valence-electron chi connectivity index (χ1n) is 11.1. The number of nitrogens with zero attached hydrogens (tertiary/aromatic N) is 2. The minimum absolute atomic E-state index is 0.0452. The molecule has 1 amide bonds. The monoisotopic (exact) mass is 466 g/mol. The van der Waals surface area contributed by atoms with Gasteiger partial charge >= 0.3 is 0 Å². The maximum Gasteiger partial charge on any atom is 0.268 e. The quantitative estimate of drug-likeness (QED) is 0.470. The van der Waals surface area contributed by atoms with Gasteiger partial charge in [0.2, 0.25) is 0 Å². The Balaban J connectivity index is 1.56. The molecule has 7 nitrogen and oxygen atoms in total. The summed E-state index contributed by atoms with van der Waals surface area (Å²) in [6.45, 7) is 3.82. The van der Waals surface area contributed by atoms with Crippen molar-refractivity contribution in [1.82, 2.24) is 15.3 Å². The van der Waals surface area contributed by atoms with E-state index in [1.54, 1.807) is 18.3 Å². The first-order valence-corrected chi connectivity index (χ1v) is 11.5. The van der Waals surface area contributed by atoms with Gasteiger partial charge in [-0.3, -0.25) is 14.6 Å². The smallest absolute Gasteiger partial charge is 0.268 e. The Morgan fingerprint density at radius 2 is 2.03 bits per heavy atom. The fourth-order valence-electron chi connectivity index (χ4n) is 4.52. The molecule has 1 atom stereocenters. The van der Waals surface area contributed by atoms with Crippen LogP contribution in [0.5, 0.6) is 0 Å². The number of ketones is 1. The van der Waals surface area contributed by atoms with Crippen molar-refractivity contribution in [2.45, 2.75) is 57.5 Å². The van der Waals surface area contributed by atoms with Crippen LogP contribution < -0.4 is 5.32 Å². The van der Waals surface area contributed by atoms with Crippen molar-refractivity contribution in [2.75, 3.05) is 0 Å². The standard InChI is InChI=1S/C25H27ClN4O3/c1-15-3-4-20-18(11-15)13-22(28-20)24(32)29-21(12-17-7-10-27-14-19(17)26)23(31)16-5-8-25(2,30-33)9-6-16/h3-4,7,10-11,13-14,16,21,28H,5-6,8-9,12H2,1-2H3,(H,29,32). The lowest BCUT2D eigenvalue weighted by molar-refractivity contribution is -0.126. The van der Waals surface area contributed by atoms with E-state index in [4.69, 9.17) is 11.6 Å². The van der Waals surface area contributed by atoms with Crippen molar-refractivity contribution >= 4 is 34.2 Å². The molecule has 0 aliphatic heterocycles. The fourth-order valence-corrected chi connectivity index (χ4v) is 4.72. The first-order chi connectivity index (χ1) is 15.8. The molecule has 1 fully saturated rings. The van der Waals surface area contributed by atoms with Gasteiger partial charge in [-0.25, -0.2) is 0 Å². The SMILES string of the molecule is Cc1ccc2[nH]c(C(=O)NC(Cc3ccncc3Cl)C(=O)C3CCC(C)(N=O)CC3)cc2c1. The number of hydrogen-bond acceptors (Lipinski definition) is 5. The number of rotatable bonds is 7. The maximum atomic E-state index is 13.5. The summed E-state index contributed by atoms with van der Waals surface area (Å²) >= 11 is 6.30. The molecule has 4 rings (SSSR count). The molecule has 0 bridgehead atoms. The summed E-state index contributed by atoms with van der Waals surface area (Å²) in [4.78, 5) is 44.9. The number of nitroso groups, excluding NO2 is 1. The lowest BCUT2D eigenvalue weighted by Crippen LogP contribution is -2.46. The van der Waals surface area contributed by atoms with Gasteiger partial charge in [0.25, 0.3) is 5.91 Å². The van der Waals surface area contributed by atoms with Crippen molar-refractivity contribution in [3.05, 3.63) is 69.5 Å². The number of amides is 1. The van der Waals surface area contributed by atoms with Gasteiger partial charge in [0, 0.05) is 35.6 Å². The van der Waals surface area contributed by atoms with Crippen LogP contribution in [0.25, 0.3) is 10.9 Å². The Morgan fingerprint density at radius 3 is 2.73 bits per heavy atom. The number of pyridine rings is 1. The van der Waals surface area contributed by atoms with Gasteiger partial charge in [0.05, 0.1) is 16.6 Å². The molecule has 2 heterocycles. The lowest BCUT2D eigenvalue weighted by Gasteiger charge is -2.32. The third-order valence-electron chi connectivity index (χ3n) is 6.64. The third kappa shape index (κ3) is 5.14. The Hall–Kier alpha value is -3.06. The predicted octanol–water partition coefficient (Wildman–Crippen LogP) is 5.15. The molecule has 1 saturated carbocycles. The molecule has 0 spiro atoms. The van der Waals surface area contributed by atoms with E-state index in [2.05, 4.69) is 20.5 Å². The van der Waals surface area contributed by atoms with Gasteiger partial charge in [0.15, 0.2) is 5.78 Å². The van der Waals surface area contributed by atoms with Crippen molar-refractivity contribution in [2.24, 2.45) is 11.1 Å². The number of carbonyl (C=O) groups is 2. The van der Waals surface area contributed by atoms with Gasteiger partial charge in [0.1, 0.15) is 5.69 Å². The van der Waals surface area contributed by atoms with Crippen LogP contribution in [0.1, 0.15) is 54.2 Å². The molecule has 0 radical (unpaired) electrons. The molecule has 172 valence electrons. The number of H-pyrrole nitrogens is 1. The van der Waals surface area contributed by atoms with Crippen LogP contribution in [-0.4, -0.2) is 33.2 Å². The summed E-state index contributed by atoms with van der Waals surface area (Å²) in [5.74, 6) is -0.630. The Labute approximate surface area is 197 Å². The van der Waals surface area contributed by atoms with Crippen LogP contribution in [0, 0.1) is 17.7 Å². The Bertz CT molecular complexity index is 1200. The predicted molar refractivity (Wildman–Crippen MR) is 128 cm³/mol. The van der Waals surface area contributed by atoms with Crippen LogP contribution in [0.2, 0.25) is 5.02 Å². The molecule has 1 unspecified atom stereocenters. The zero-order valence-corrected chi connectivity index (χ0v) is 19.5. The Morgan fingerprint density at radius 1 is 1.27 bits per heavy atom. The number of nitrogens with one attached hydrogen (secondary N) is 2. The number of benzene rings is 1. The van der Waals surface area contributed by atoms with Crippen molar-refractivity contribution in [3.8, 4) is 0 Å². The van der Waals surface area contributed by atoms with E-state index in [-0.39, 0.29) is 24.0 Å². The number of carbonyl (C=O) groups excluding carboxylic acids is 2. The van der Waals surface area contributed by atoms with E-state index in [0.717, 1.165) is 22.0 Å². The average Bonchev–Trinajstić information content (AvgIpc) is 3.23. The highest BCUT2D eigenvalue weighted by Gasteiger charge is 2.37. The Kier molecular flexibility index (Phi) is 6.61.